The summed E-state index contributed by atoms with van der Waals surface area (Å²) < 4.78 is 0. The van der Waals surface area contributed by atoms with Crippen LogP contribution < -0.4 is 5.32 Å². The molecule has 108 valence electrons. The van der Waals surface area contributed by atoms with Gasteiger partial charge in [0.05, 0.1) is 0 Å². The fraction of sp³-hybridized carbons (Fsp3) is 0.267. The Morgan fingerprint density at radius 3 is 2.76 bits per heavy atom. The van der Waals surface area contributed by atoms with E-state index in [-0.39, 0.29) is 27.8 Å². The molecule has 1 aromatic carbocycles. The van der Waals surface area contributed by atoms with Gasteiger partial charge in [-0.2, -0.15) is 0 Å². The molecule has 4 nitrogen and oxygen atoms in total. The molecule has 3 rings (SSSR count). The Morgan fingerprint density at radius 2 is 1.95 bits per heavy atom. The molecule has 1 N–H and O–H groups in total. The molecule has 1 unspecified atom stereocenters. The van der Waals surface area contributed by atoms with E-state index in [1.807, 2.05) is 12.1 Å². The Bertz CT molecular complexity index is 690. The lowest BCUT2D eigenvalue weighted by atomic mass is 9.83. The minimum atomic E-state index is -0.0823. The van der Waals surface area contributed by atoms with Gasteiger partial charge in [0, 0.05) is 5.92 Å². The number of fused-ring (bicyclic) bond motifs is 1. The molecule has 21 heavy (non-hydrogen) atoms. The third-order valence-electron chi connectivity index (χ3n) is 3.71. The molecule has 6 heteroatoms. The van der Waals surface area contributed by atoms with Crippen molar-refractivity contribution in [3.8, 4) is 0 Å². The molecular weight excluding hydrogens is 309 g/mol. The van der Waals surface area contributed by atoms with Crippen molar-refractivity contribution in [1.82, 2.24) is 9.97 Å². The van der Waals surface area contributed by atoms with Gasteiger partial charge in [-0.25, -0.2) is 9.97 Å². The molecule has 2 aromatic rings. The molecule has 1 amide bonds. The summed E-state index contributed by atoms with van der Waals surface area (Å²) in [5, 5.41) is 3.05. The first-order valence-corrected chi connectivity index (χ1v) is 7.44. The number of anilines is 1. The van der Waals surface area contributed by atoms with Gasteiger partial charge in [0.15, 0.2) is 11.0 Å². The van der Waals surface area contributed by atoms with E-state index < -0.39 is 0 Å². The number of carbonyl (C=O) groups excluding carboxylic acids is 1. The molecule has 1 aliphatic rings. The van der Waals surface area contributed by atoms with Gasteiger partial charge in [-0.15, -0.1) is 0 Å². The van der Waals surface area contributed by atoms with Gasteiger partial charge in [0.1, 0.15) is 11.3 Å². The molecule has 1 aromatic heterocycles. The minimum Gasteiger partial charge on any atom is -0.309 e. The number of benzene rings is 1. The van der Waals surface area contributed by atoms with Gasteiger partial charge < -0.3 is 5.32 Å². The highest BCUT2D eigenvalue weighted by Gasteiger charge is 2.25. The van der Waals surface area contributed by atoms with Crippen LogP contribution in [0.25, 0.3) is 0 Å². The molecule has 0 saturated heterocycles. The predicted octanol–water partition coefficient (Wildman–Crippen LogP) is 3.53. The monoisotopic (exact) mass is 321 g/mol. The SMILES string of the molecule is O=C(Nc1ncnc(Cl)c1Cl)C1CCc2ccccc2C1. The number of carbonyl (C=O) groups is 1. The van der Waals surface area contributed by atoms with Gasteiger partial charge in [0.25, 0.3) is 0 Å². The number of nitrogens with one attached hydrogen (secondary N) is 1. The standard InChI is InChI=1S/C15H13Cl2N3O/c16-12-13(17)18-8-19-14(12)20-15(21)11-6-5-9-3-1-2-4-10(9)7-11/h1-4,8,11H,5-7H2,(H,18,19,20,21). The highest BCUT2D eigenvalue weighted by Crippen LogP contribution is 2.29. The van der Waals surface area contributed by atoms with Gasteiger partial charge in [-0.3, -0.25) is 4.79 Å². The number of halogens is 2. The zero-order chi connectivity index (χ0) is 14.8. The summed E-state index contributed by atoms with van der Waals surface area (Å²) >= 11 is 11.8. The van der Waals surface area contributed by atoms with Gasteiger partial charge in [-0.1, -0.05) is 47.5 Å². The fourth-order valence-corrected chi connectivity index (χ4v) is 2.85. The summed E-state index contributed by atoms with van der Waals surface area (Å²) in [4.78, 5) is 20.1. The third-order valence-corrected chi connectivity index (χ3v) is 4.45. The molecular formula is C15H13Cl2N3O. The van der Waals surface area contributed by atoms with Gasteiger partial charge in [0.2, 0.25) is 5.91 Å². The van der Waals surface area contributed by atoms with Crippen LogP contribution >= 0.6 is 23.2 Å². The maximum atomic E-state index is 12.4. The van der Waals surface area contributed by atoms with Crippen molar-refractivity contribution in [2.24, 2.45) is 5.92 Å². The lowest BCUT2D eigenvalue weighted by Crippen LogP contribution is -2.28. The normalized spacial score (nSPS) is 17.1. The van der Waals surface area contributed by atoms with E-state index in [4.69, 9.17) is 23.2 Å². The van der Waals surface area contributed by atoms with E-state index in [1.54, 1.807) is 0 Å². The van der Waals surface area contributed by atoms with Crippen molar-refractivity contribution in [2.45, 2.75) is 19.3 Å². The van der Waals surface area contributed by atoms with E-state index in [0.29, 0.717) is 0 Å². The van der Waals surface area contributed by atoms with Crippen molar-refractivity contribution in [1.29, 1.82) is 0 Å². The van der Waals surface area contributed by atoms with E-state index in [1.165, 1.54) is 17.5 Å². The number of rotatable bonds is 2. The van der Waals surface area contributed by atoms with Crippen LogP contribution in [0.1, 0.15) is 17.5 Å². The Labute approximate surface area is 132 Å². The molecule has 1 atom stereocenters. The van der Waals surface area contributed by atoms with Crippen LogP contribution in [0.4, 0.5) is 5.82 Å². The van der Waals surface area contributed by atoms with Crippen molar-refractivity contribution in [3.63, 3.8) is 0 Å². The summed E-state index contributed by atoms with van der Waals surface area (Å²) in [7, 11) is 0. The van der Waals surface area contributed by atoms with Crippen LogP contribution in [-0.2, 0) is 17.6 Å². The minimum absolute atomic E-state index is 0.0790. The smallest absolute Gasteiger partial charge is 0.229 e. The number of nitrogens with zero attached hydrogens (tertiary/aromatic N) is 2. The summed E-state index contributed by atoms with van der Waals surface area (Å²) in [5.74, 6) is 0.103. The number of hydrogen-bond acceptors (Lipinski definition) is 3. The molecule has 0 spiro atoms. The second kappa shape index (κ2) is 6.00. The number of hydrogen-bond donors (Lipinski definition) is 1. The highest BCUT2D eigenvalue weighted by atomic mass is 35.5. The Hall–Kier alpha value is -1.65. The van der Waals surface area contributed by atoms with Crippen molar-refractivity contribution < 1.29 is 4.79 Å². The van der Waals surface area contributed by atoms with E-state index >= 15 is 0 Å². The lowest BCUT2D eigenvalue weighted by Gasteiger charge is -2.23. The number of aromatic nitrogens is 2. The molecule has 0 bridgehead atoms. The van der Waals surface area contributed by atoms with Crippen molar-refractivity contribution >= 4 is 34.9 Å². The third kappa shape index (κ3) is 3.01. The van der Waals surface area contributed by atoms with Crippen LogP contribution in [0.15, 0.2) is 30.6 Å². The lowest BCUT2D eigenvalue weighted by molar-refractivity contribution is -0.120. The first kappa shape index (κ1) is 14.3. The average molecular weight is 322 g/mol. The maximum absolute atomic E-state index is 12.4. The van der Waals surface area contributed by atoms with E-state index in [0.717, 1.165) is 19.3 Å². The Balaban J connectivity index is 1.74. The summed E-state index contributed by atoms with van der Waals surface area (Å²) in [5.41, 5.74) is 2.56. The molecule has 0 radical (unpaired) electrons. The summed E-state index contributed by atoms with van der Waals surface area (Å²) in [6.07, 6.45) is 3.74. The zero-order valence-electron chi connectivity index (χ0n) is 11.1. The van der Waals surface area contributed by atoms with Crippen LogP contribution in [0.5, 0.6) is 0 Å². The first-order chi connectivity index (χ1) is 10.1. The summed E-state index contributed by atoms with van der Waals surface area (Å²) in [6.45, 7) is 0. The van der Waals surface area contributed by atoms with E-state index in [9.17, 15) is 4.79 Å². The van der Waals surface area contributed by atoms with E-state index in [2.05, 4.69) is 27.4 Å². The Kier molecular flexibility index (Phi) is 4.08. The molecule has 0 saturated carbocycles. The summed E-state index contributed by atoms with van der Waals surface area (Å²) in [6, 6.07) is 8.22. The van der Waals surface area contributed by atoms with Crippen LogP contribution in [-0.4, -0.2) is 15.9 Å². The predicted molar refractivity (Wildman–Crippen MR) is 82.6 cm³/mol. The molecule has 1 heterocycles. The Morgan fingerprint density at radius 1 is 1.19 bits per heavy atom. The average Bonchev–Trinajstić information content (AvgIpc) is 2.51. The molecule has 0 fully saturated rings. The van der Waals surface area contributed by atoms with Crippen molar-refractivity contribution in [3.05, 3.63) is 51.9 Å². The van der Waals surface area contributed by atoms with Gasteiger partial charge in [-0.05, 0) is 30.4 Å². The number of amides is 1. The van der Waals surface area contributed by atoms with Gasteiger partial charge >= 0.3 is 0 Å². The topological polar surface area (TPSA) is 54.9 Å². The second-order valence-corrected chi connectivity index (χ2v) is 5.76. The fourth-order valence-electron chi connectivity index (χ4n) is 2.58. The van der Waals surface area contributed by atoms with Crippen LogP contribution in [0, 0.1) is 5.92 Å². The second-order valence-electron chi connectivity index (χ2n) is 5.02. The maximum Gasteiger partial charge on any atom is 0.229 e. The van der Waals surface area contributed by atoms with Crippen LogP contribution in [0.3, 0.4) is 0 Å². The van der Waals surface area contributed by atoms with Crippen LogP contribution in [0.2, 0.25) is 10.2 Å². The first-order valence-electron chi connectivity index (χ1n) is 6.69. The largest absolute Gasteiger partial charge is 0.309 e. The molecule has 0 aliphatic heterocycles. The molecule has 1 aliphatic carbocycles. The number of aryl methyl sites for hydroxylation is 1. The zero-order valence-corrected chi connectivity index (χ0v) is 12.7. The highest BCUT2D eigenvalue weighted by molar-refractivity contribution is 6.42. The quantitative estimate of drug-likeness (QED) is 0.861. The van der Waals surface area contributed by atoms with Crippen molar-refractivity contribution in [2.75, 3.05) is 5.32 Å².